The number of ether oxygens (including phenoxy) is 1. The molecule has 12 nitrogen and oxygen atoms in total. The normalized spacial score (nSPS) is 19.9. The molecule has 2 fully saturated rings. The van der Waals surface area contributed by atoms with Crippen LogP contribution in [0.15, 0.2) is 53.2 Å². The minimum Gasteiger partial charge on any atom is -0.493 e. The summed E-state index contributed by atoms with van der Waals surface area (Å²) in [7, 11) is -3.04. The summed E-state index contributed by atoms with van der Waals surface area (Å²) in [6, 6.07) is 6.67. The van der Waals surface area contributed by atoms with Gasteiger partial charge in [-0.15, -0.1) is 0 Å². The van der Waals surface area contributed by atoms with Crippen molar-refractivity contribution in [3.05, 3.63) is 60.1 Å². The second-order valence-electron chi connectivity index (χ2n) is 9.68. The van der Waals surface area contributed by atoms with E-state index in [9.17, 15) is 27.6 Å². The molecule has 40 heavy (non-hydrogen) atoms. The number of fused-ring (bicyclic) bond motifs is 2. The molecule has 1 N–H and O–H groups in total. The van der Waals surface area contributed by atoms with E-state index in [0.29, 0.717) is 23.1 Å². The van der Waals surface area contributed by atoms with Crippen LogP contribution in [0.5, 0.6) is 5.75 Å². The molecule has 2 aliphatic rings. The van der Waals surface area contributed by atoms with Crippen molar-refractivity contribution in [2.45, 2.75) is 44.3 Å². The lowest BCUT2D eigenvalue weighted by Crippen LogP contribution is -2.52. The largest absolute Gasteiger partial charge is 0.493 e. The summed E-state index contributed by atoms with van der Waals surface area (Å²) in [4.78, 5) is 57.7. The van der Waals surface area contributed by atoms with E-state index in [2.05, 4.69) is 10.3 Å². The highest BCUT2D eigenvalue weighted by Gasteiger charge is 2.55. The number of aromatic nitrogens is 1. The smallest absolute Gasteiger partial charge is 0.293 e. The van der Waals surface area contributed by atoms with Gasteiger partial charge in [0.2, 0.25) is 5.91 Å². The third-order valence-electron chi connectivity index (χ3n) is 7.23. The first-order valence-electron chi connectivity index (χ1n) is 12.8. The van der Waals surface area contributed by atoms with Gasteiger partial charge in [0.15, 0.2) is 22.9 Å². The van der Waals surface area contributed by atoms with Crippen LogP contribution in [0, 0.1) is 0 Å². The highest BCUT2D eigenvalue weighted by molar-refractivity contribution is 8.04. The Kier molecular flexibility index (Phi) is 7.43. The molecule has 210 valence electrons. The number of furan rings is 1. The van der Waals surface area contributed by atoms with Gasteiger partial charge in [0, 0.05) is 24.3 Å². The number of benzene rings is 1. The molecule has 0 saturated carbocycles. The topological polar surface area (TPSA) is 156 Å². The zero-order valence-corrected chi connectivity index (χ0v) is 22.7. The van der Waals surface area contributed by atoms with Crippen LogP contribution in [-0.2, 0) is 19.6 Å². The lowest BCUT2D eigenvalue weighted by Gasteiger charge is -2.28. The summed E-state index contributed by atoms with van der Waals surface area (Å²) in [6.07, 6.45) is 3.59. The van der Waals surface area contributed by atoms with E-state index in [1.165, 1.54) is 30.3 Å². The van der Waals surface area contributed by atoms with Gasteiger partial charge < -0.3 is 19.4 Å². The van der Waals surface area contributed by atoms with Gasteiger partial charge in [-0.1, -0.05) is 25.5 Å². The first-order valence-corrected chi connectivity index (χ1v) is 14.3. The van der Waals surface area contributed by atoms with Crippen molar-refractivity contribution in [1.82, 2.24) is 19.5 Å². The van der Waals surface area contributed by atoms with Gasteiger partial charge in [-0.2, -0.15) is 4.31 Å². The summed E-state index contributed by atoms with van der Waals surface area (Å²) >= 11 is 0. The van der Waals surface area contributed by atoms with Crippen LogP contribution in [0.2, 0.25) is 0 Å². The highest BCUT2D eigenvalue weighted by atomic mass is 32.2. The number of hydrogen-bond donors (Lipinski definition) is 1. The van der Waals surface area contributed by atoms with Crippen molar-refractivity contribution in [3.63, 3.8) is 0 Å². The van der Waals surface area contributed by atoms with Crippen LogP contribution < -0.4 is 10.1 Å². The number of hydrogen-bond acceptors (Lipinski definition) is 9. The average molecular weight is 569 g/mol. The summed E-state index contributed by atoms with van der Waals surface area (Å²) in [5.41, 5.74) is 0.285. The molecule has 4 heterocycles. The van der Waals surface area contributed by atoms with Crippen molar-refractivity contribution in [2.75, 3.05) is 20.2 Å². The molecule has 2 amide bonds. The third kappa shape index (κ3) is 4.75. The summed E-state index contributed by atoms with van der Waals surface area (Å²) in [5.74, 6) is -1.13. The molecule has 0 radical (unpaired) electrons. The number of carbonyl (C=O) groups excluding carboxylic acids is 4. The Hall–Kier alpha value is -4.10. The number of Topliss-reactive ketones (excluding diaryl/α,β-unsaturated/α-hetero) is 1. The van der Waals surface area contributed by atoms with E-state index in [0.717, 1.165) is 10.5 Å². The summed E-state index contributed by atoms with van der Waals surface area (Å²) in [6.45, 7) is 1.44. The van der Waals surface area contributed by atoms with Crippen molar-refractivity contribution in [1.29, 1.82) is 0 Å². The molecule has 5 rings (SSSR count). The molecule has 0 spiro atoms. The van der Waals surface area contributed by atoms with Crippen molar-refractivity contribution in [3.8, 4) is 5.75 Å². The molecule has 1 aromatic carbocycles. The SMILES string of the molecule is CCCC(NC(=O)c1cc2cccc(OC)c2o1)C(=O)N1CCC2C1C(=O)CN2S(=O)(=O)C(=O)c1cccnc1. The van der Waals surface area contributed by atoms with Gasteiger partial charge >= 0.3 is 0 Å². The van der Waals surface area contributed by atoms with E-state index in [1.54, 1.807) is 24.3 Å². The molecule has 2 aliphatic heterocycles. The molecule has 13 heteroatoms. The number of carbonyl (C=O) groups is 4. The summed E-state index contributed by atoms with van der Waals surface area (Å²) < 4.78 is 38.2. The Bertz CT molecular complexity index is 1590. The van der Waals surface area contributed by atoms with Crippen LogP contribution in [-0.4, -0.2) is 83.6 Å². The number of nitrogens with one attached hydrogen (secondary N) is 1. The van der Waals surface area contributed by atoms with Crippen LogP contribution in [0.4, 0.5) is 0 Å². The molecule has 3 aromatic rings. The number of nitrogens with zero attached hydrogens (tertiary/aromatic N) is 3. The molecule has 2 aromatic heterocycles. The first kappa shape index (κ1) is 27.5. The van der Waals surface area contributed by atoms with E-state index in [-0.39, 0.29) is 30.7 Å². The molecule has 2 saturated heterocycles. The number of likely N-dealkylation sites (tertiary alicyclic amines) is 1. The minimum absolute atomic E-state index is 0.00386. The molecule has 3 atom stereocenters. The zero-order valence-electron chi connectivity index (χ0n) is 21.9. The molecule has 0 bridgehead atoms. The van der Waals surface area contributed by atoms with Gasteiger partial charge in [-0.3, -0.25) is 24.2 Å². The van der Waals surface area contributed by atoms with E-state index >= 15 is 0 Å². The van der Waals surface area contributed by atoms with Crippen molar-refractivity contribution < 1.29 is 36.7 Å². The quantitative estimate of drug-likeness (QED) is 0.428. The standard InChI is InChI=1S/C27H28N4O8S/c1-3-6-18(29-25(33)22-13-16-7-4-9-21(38-2)24(16)39-22)26(34)30-12-10-19-23(30)20(32)15-31(19)40(36,37)27(35)17-8-5-11-28-14-17/h4-5,7-9,11,13-14,18-19,23H,3,6,10,12,15H2,1-2H3,(H,29,33). The lowest BCUT2D eigenvalue weighted by atomic mass is 10.1. The predicted octanol–water partition coefficient (Wildman–Crippen LogP) is 1.76. The highest BCUT2D eigenvalue weighted by Crippen LogP contribution is 2.33. The Balaban J connectivity index is 1.34. The molecular weight excluding hydrogens is 540 g/mol. The van der Waals surface area contributed by atoms with Crippen molar-refractivity contribution >= 4 is 43.7 Å². The van der Waals surface area contributed by atoms with E-state index in [4.69, 9.17) is 9.15 Å². The Labute approximate surface area is 230 Å². The summed E-state index contributed by atoms with van der Waals surface area (Å²) in [5, 5.41) is 2.22. The van der Waals surface area contributed by atoms with Crippen LogP contribution >= 0.6 is 0 Å². The second-order valence-corrected chi connectivity index (χ2v) is 11.5. The number of pyridine rings is 1. The maximum atomic E-state index is 13.6. The maximum Gasteiger partial charge on any atom is 0.293 e. The van der Waals surface area contributed by atoms with Gasteiger partial charge in [0.05, 0.1) is 25.3 Å². The fourth-order valence-corrected chi connectivity index (χ4v) is 6.87. The Morgan fingerprint density at radius 3 is 2.73 bits per heavy atom. The van der Waals surface area contributed by atoms with Crippen LogP contribution in [0.3, 0.4) is 0 Å². The number of ketones is 1. The molecular formula is C27H28N4O8S. The van der Waals surface area contributed by atoms with Gasteiger partial charge in [0.25, 0.3) is 21.0 Å². The molecule has 3 unspecified atom stereocenters. The fraction of sp³-hybridized carbons (Fsp3) is 0.370. The first-order chi connectivity index (χ1) is 19.2. The minimum atomic E-state index is -4.53. The number of sulfonamides is 1. The number of methoxy groups -OCH3 is 1. The number of rotatable bonds is 8. The van der Waals surface area contributed by atoms with E-state index in [1.807, 2.05) is 6.92 Å². The Morgan fingerprint density at radius 1 is 1.23 bits per heavy atom. The van der Waals surface area contributed by atoms with Crippen LogP contribution in [0.25, 0.3) is 11.0 Å². The monoisotopic (exact) mass is 568 g/mol. The third-order valence-corrected chi connectivity index (χ3v) is 8.95. The van der Waals surface area contributed by atoms with Crippen LogP contribution in [0.1, 0.15) is 47.1 Å². The Morgan fingerprint density at radius 2 is 2.02 bits per heavy atom. The number of para-hydroxylation sites is 1. The predicted molar refractivity (Wildman–Crippen MR) is 142 cm³/mol. The zero-order chi connectivity index (χ0) is 28.6. The lowest BCUT2D eigenvalue weighted by molar-refractivity contribution is -0.138. The van der Waals surface area contributed by atoms with Gasteiger partial charge in [-0.05, 0) is 37.1 Å². The second kappa shape index (κ2) is 10.8. The van der Waals surface area contributed by atoms with E-state index < -0.39 is 57.4 Å². The average Bonchev–Trinajstić information content (AvgIpc) is 3.67. The fourth-order valence-electron chi connectivity index (χ4n) is 5.36. The van der Waals surface area contributed by atoms with Gasteiger partial charge in [-0.25, -0.2) is 8.42 Å². The van der Waals surface area contributed by atoms with Crippen molar-refractivity contribution in [2.24, 2.45) is 0 Å². The maximum absolute atomic E-state index is 13.6. The molecule has 0 aliphatic carbocycles. The number of amides is 2. The van der Waals surface area contributed by atoms with Gasteiger partial charge in [0.1, 0.15) is 12.1 Å².